The van der Waals surface area contributed by atoms with Crippen LogP contribution in [0.4, 0.5) is 0 Å². The normalized spacial score (nSPS) is 20.8. The third-order valence-corrected chi connectivity index (χ3v) is 2.34. The molecule has 0 saturated carbocycles. The number of rotatable bonds is 2. The molecule has 2 nitrogen and oxygen atoms in total. The molecule has 0 aromatic heterocycles. The first kappa shape index (κ1) is 9.25. The van der Waals surface area contributed by atoms with Crippen LogP contribution in [0.1, 0.15) is 19.4 Å². The van der Waals surface area contributed by atoms with E-state index in [4.69, 9.17) is 4.74 Å². The maximum atomic E-state index is 5.54. The van der Waals surface area contributed by atoms with Crippen LogP contribution in [0, 0.1) is 5.92 Å². The van der Waals surface area contributed by atoms with E-state index < -0.39 is 0 Å². The second-order valence-corrected chi connectivity index (χ2v) is 3.70. The molecule has 1 radical (unpaired) electrons. The summed E-state index contributed by atoms with van der Waals surface area (Å²) in [7, 11) is 0. The maximum Gasteiger partial charge on any atom is 0.216 e. The molecule has 1 aromatic carbocycles. The van der Waals surface area contributed by atoms with E-state index in [1.54, 1.807) is 0 Å². The Hall–Kier alpha value is -1.31. The quantitative estimate of drug-likeness (QED) is 0.698. The van der Waals surface area contributed by atoms with Crippen LogP contribution in [0.15, 0.2) is 35.3 Å². The van der Waals surface area contributed by atoms with Crippen LogP contribution >= 0.6 is 0 Å². The topological polar surface area (TPSA) is 21.6 Å². The number of nitrogens with zero attached hydrogens (tertiary/aromatic N) is 1. The van der Waals surface area contributed by atoms with Crippen molar-refractivity contribution in [2.24, 2.45) is 4.99 Å². The van der Waals surface area contributed by atoms with Crippen molar-refractivity contribution in [3.8, 4) is 0 Å². The Morgan fingerprint density at radius 3 is 2.57 bits per heavy atom. The van der Waals surface area contributed by atoms with Gasteiger partial charge >= 0.3 is 0 Å². The fourth-order valence-electron chi connectivity index (χ4n) is 1.41. The molecule has 0 N–H and O–H groups in total. The lowest BCUT2D eigenvalue weighted by Crippen LogP contribution is -2.11. The summed E-state index contributed by atoms with van der Waals surface area (Å²) in [4.78, 5) is 4.52. The van der Waals surface area contributed by atoms with Crippen molar-refractivity contribution in [2.75, 3.05) is 6.61 Å². The molecule has 2 rings (SSSR count). The number of hydrogen-bond acceptors (Lipinski definition) is 2. The van der Waals surface area contributed by atoms with Crippen LogP contribution in [-0.2, 0) is 4.74 Å². The number of benzene rings is 1. The van der Waals surface area contributed by atoms with E-state index in [1.165, 1.54) is 5.92 Å². The first-order valence-electron chi connectivity index (χ1n) is 4.83. The second kappa shape index (κ2) is 3.82. The molecule has 0 fully saturated rings. The maximum absolute atomic E-state index is 5.54. The molecule has 0 amide bonds. The van der Waals surface area contributed by atoms with E-state index in [9.17, 15) is 0 Å². The third kappa shape index (κ3) is 1.79. The van der Waals surface area contributed by atoms with Crippen molar-refractivity contribution in [1.29, 1.82) is 0 Å². The Bertz CT molecular complexity index is 329. The molecule has 0 unspecified atom stereocenters. The molecule has 0 spiro atoms. The van der Waals surface area contributed by atoms with Gasteiger partial charge in [0.15, 0.2) is 0 Å². The highest BCUT2D eigenvalue weighted by atomic mass is 16.5. The standard InChI is InChI=1S/C12H14NO/c1-9(2)11-8-14-12(13-11)10-6-4-3-5-7-10/h3-7,11H,8H2,1-2H3/t11-/m1/s1. The zero-order valence-electron chi connectivity index (χ0n) is 8.53. The molecular formula is C12H14NO. The van der Waals surface area contributed by atoms with Crippen LogP contribution in [0.25, 0.3) is 0 Å². The van der Waals surface area contributed by atoms with Gasteiger partial charge in [0.05, 0.1) is 6.04 Å². The first-order valence-corrected chi connectivity index (χ1v) is 4.83. The SMILES string of the molecule is C[C](C)[C@H]1COC(c2ccccc2)=N1. The largest absolute Gasteiger partial charge is 0.475 e. The Balaban J connectivity index is 2.18. The smallest absolute Gasteiger partial charge is 0.216 e. The van der Waals surface area contributed by atoms with Crippen LogP contribution in [-0.4, -0.2) is 18.5 Å². The van der Waals surface area contributed by atoms with Gasteiger partial charge in [0.2, 0.25) is 5.90 Å². The van der Waals surface area contributed by atoms with Gasteiger partial charge in [-0.3, -0.25) is 0 Å². The number of aliphatic imine (C=N–C) groups is 1. The third-order valence-electron chi connectivity index (χ3n) is 2.34. The Kier molecular flexibility index (Phi) is 2.53. The molecule has 1 aliphatic rings. The molecule has 1 aromatic rings. The highest BCUT2D eigenvalue weighted by molar-refractivity contribution is 5.95. The Morgan fingerprint density at radius 2 is 2.00 bits per heavy atom. The number of hydrogen-bond donors (Lipinski definition) is 0. The minimum Gasteiger partial charge on any atom is -0.475 e. The Morgan fingerprint density at radius 1 is 1.29 bits per heavy atom. The van der Waals surface area contributed by atoms with Gasteiger partial charge in [-0.15, -0.1) is 0 Å². The summed E-state index contributed by atoms with van der Waals surface area (Å²) in [6, 6.07) is 10.3. The van der Waals surface area contributed by atoms with Crippen LogP contribution in [0.2, 0.25) is 0 Å². The Labute approximate surface area is 84.6 Å². The van der Waals surface area contributed by atoms with Crippen LogP contribution in [0.3, 0.4) is 0 Å². The van der Waals surface area contributed by atoms with Gasteiger partial charge in [0.1, 0.15) is 6.61 Å². The lowest BCUT2D eigenvalue weighted by molar-refractivity contribution is 0.321. The van der Waals surface area contributed by atoms with E-state index in [0.29, 0.717) is 6.61 Å². The summed E-state index contributed by atoms with van der Waals surface area (Å²) < 4.78 is 5.54. The fourth-order valence-corrected chi connectivity index (χ4v) is 1.41. The first-order chi connectivity index (χ1) is 6.77. The molecule has 2 heteroatoms. The van der Waals surface area contributed by atoms with E-state index in [1.807, 2.05) is 30.3 Å². The zero-order chi connectivity index (χ0) is 9.97. The highest BCUT2D eigenvalue weighted by Gasteiger charge is 2.22. The molecule has 73 valence electrons. The summed E-state index contributed by atoms with van der Waals surface area (Å²) in [6.07, 6.45) is 0. The average Bonchev–Trinajstić information content (AvgIpc) is 2.68. The van der Waals surface area contributed by atoms with Crippen LogP contribution in [0.5, 0.6) is 0 Å². The molecule has 1 atom stereocenters. The molecule has 0 saturated heterocycles. The second-order valence-electron chi connectivity index (χ2n) is 3.70. The molecule has 14 heavy (non-hydrogen) atoms. The molecule has 0 aliphatic carbocycles. The van der Waals surface area contributed by atoms with Crippen LogP contribution < -0.4 is 0 Å². The van der Waals surface area contributed by atoms with Crippen molar-refractivity contribution in [2.45, 2.75) is 19.9 Å². The van der Waals surface area contributed by atoms with E-state index in [2.05, 4.69) is 18.8 Å². The van der Waals surface area contributed by atoms with Gasteiger partial charge in [0, 0.05) is 5.56 Å². The van der Waals surface area contributed by atoms with Gasteiger partial charge in [0.25, 0.3) is 0 Å². The summed E-state index contributed by atoms with van der Waals surface area (Å²) in [5, 5.41) is 0. The number of ether oxygens (including phenoxy) is 1. The van der Waals surface area contributed by atoms with Gasteiger partial charge < -0.3 is 4.74 Å². The average molecular weight is 188 g/mol. The minimum absolute atomic E-state index is 0.241. The predicted octanol–water partition coefficient (Wildman–Crippen LogP) is 2.45. The lowest BCUT2D eigenvalue weighted by Gasteiger charge is -2.06. The van der Waals surface area contributed by atoms with Crippen molar-refractivity contribution in [3.63, 3.8) is 0 Å². The van der Waals surface area contributed by atoms with E-state index in [0.717, 1.165) is 11.5 Å². The van der Waals surface area contributed by atoms with Gasteiger partial charge in [-0.05, 0) is 18.1 Å². The van der Waals surface area contributed by atoms with Gasteiger partial charge in [-0.1, -0.05) is 32.0 Å². The molecule has 1 aliphatic heterocycles. The van der Waals surface area contributed by atoms with Gasteiger partial charge in [-0.25, -0.2) is 4.99 Å². The summed E-state index contributed by atoms with van der Waals surface area (Å²) in [5.74, 6) is 2.08. The summed E-state index contributed by atoms with van der Waals surface area (Å²) in [6.45, 7) is 4.86. The van der Waals surface area contributed by atoms with Crippen molar-refractivity contribution in [3.05, 3.63) is 41.8 Å². The summed E-state index contributed by atoms with van der Waals surface area (Å²) in [5.41, 5.74) is 1.07. The zero-order valence-corrected chi connectivity index (χ0v) is 8.53. The fraction of sp³-hybridized carbons (Fsp3) is 0.333. The monoisotopic (exact) mass is 188 g/mol. The molecule has 1 heterocycles. The van der Waals surface area contributed by atoms with Gasteiger partial charge in [-0.2, -0.15) is 0 Å². The van der Waals surface area contributed by atoms with Crippen molar-refractivity contribution >= 4 is 5.90 Å². The predicted molar refractivity (Wildman–Crippen MR) is 57.3 cm³/mol. The summed E-state index contributed by atoms with van der Waals surface area (Å²) >= 11 is 0. The minimum atomic E-state index is 0.241. The van der Waals surface area contributed by atoms with Crippen molar-refractivity contribution < 1.29 is 4.74 Å². The lowest BCUT2D eigenvalue weighted by atomic mass is 10.1. The molecule has 0 bridgehead atoms. The van der Waals surface area contributed by atoms with E-state index >= 15 is 0 Å². The van der Waals surface area contributed by atoms with E-state index in [-0.39, 0.29) is 6.04 Å². The highest BCUT2D eigenvalue weighted by Crippen LogP contribution is 2.18. The van der Waals surface area contributed by atoms with Crippen molar-refractivity contribution in [1.82, 2.24) is 0 Å². The molecular weight excluding hydrogens is 174 g/mol.